The van der Waals surface area contributed by atoms with Crippen molar-refractivity contribution in [3.63, 3.8) is 0 Å². The van der Waals surface area contributed by atoms with Crippen LogP contribution in [-0.4, -0.2) is 26.9 Å². The van der Waals surface area contributed by atoms with Gasteiger partial charge in [-0.1, -0.05) is 6.07 Å². The van der Waals surface area contributed by atoms with Crippen LogP contribution in [-0.2, 0) is 0 Å². The number of hydrogen-bond acceptors (Lipinski definition) is 5. The van der Waals surface area contributed by atoms with Crippen molar-refractivity contribution in [2.75, 3.05) is 0 Å². The Morgan fingerprint density at radius 1 is 1.00 bits per heavy atom. The van der Waals surface area contributed by atoms with E-state index in [1.807, 2.05) is 0 Å². The lowest BCUT2D eigenvalue weighted by Gasteiger charge is -2.06. The van der Waals surface area contributed by atoms with Crippen molar-refractivity contribution >= 4 is 17.4 Å². The van der Waals surface area contributed by atoms with Crippen molar-refractivity contribution in [3.8, 4) is 5.75 Å². The number of nitrogens with zero attached hydrogens (tertiary/aromatic N) is 1. The van der Waals surface area contributed by atoms with Crippen molar-refractivity contribution in [2.24, 2.45) is 0 Å². The minimum Gasteiger partial charge on any atom is -0.506 e. The molecule has 2 aromatic carbocycles. The second-order valence-corrected chi connectivity index (χ2v) is 4.14. The number of carbonyl (C=O) groups excluding carboxylic acids is 1. The lowest BCUT2D eigenvalue weighted by molar-refractivity contribution is -0.384. The molecule has 0 aromatic heterocycles. The normalized spacial score (nSPS) is 10.1. The molecule has 21 heavy (non-hydrogen) atoms. The predicted octanol–water partition coefficient (Wildman–Crippen LogP) is 2.23. The zero-order chi connectivity index (χ0) is 15.6. The molecular formula is C14H9NO6. The zero-order valence-electron chi connectivity index (χ0n) is 10.5. The van der Waals surface area contributed by atoms with Gasteiger partial charge in [0, 0.05) is 17.7 Å². The first kappa shape index (κ1) is 14.2. The zero-order valence-corrected chi connectivity index (χ0v) is 10.5. The maximum atomic E-state index is 12.2. The second kappa shape index (κ2) is 5.41. The topological polar surface area (TPSA) is 118 Å². The molecule has 2 N–H and O–H groups in total. The lowest BCUT2D eigenvalue weighted by atomic mass is 10.00. The van der Waals surface area contributed by atoms with Gasteiger partial charge in [0.2, 0.25) is 0 Å². The summed E-state index contributed by atoms with van der Waals surface area (Å²) in [5, 5.41) is 29.3. The van der Waals surface area contributed by atoms with Crippen LogP contribution < -0.4 is 0 Å². The third-order valence-corrected chi connectivity index (χ3v) is 2.85. The molecule has 0 amide bonds. The molecule has 0 radical (unpaired) electrons. The standard InChI is InChI=1S/C14H9NO6/c16-12(8-4-6-9(7-5-8)15(20)21)10-2-1-3-11(13(10)17)14(18)19/h1-7,17H,(H,18,19). The van der Waals surface area contributed by atoms with E-state index >= 15 is 0 Å². The molecule has 2 rings (SSSR count). The molecule has 7 heteroatoms. The van der Waals surface area contributed by atoms with Gasteiger partial charge in [-0.15, -0.1) is 0 Å². The molecule has 2 aromatic rings. The van der Waals surface area contributed by atoms with E-state index in [4.69, 9.17) is 5.11 Å². The fraction of sp³-hybridized carbons (Fsp3) is 0. The number of ketones is 1. The molecule has 0 aliphatic heterocycles. The number of carboxylic acid groups (broad SMARTS) is 1. The van der Waals surface area contributed by atoms with Gasteiger partial charge >= 0.3 is 5.97 Å². The minimum atomic E-state index is -1.36. The fourth-order valence-corrected chi connectivity index (χ4v) is 1.79. The smallest absolute Gasteiger partial charge is 0.339 e. The maximum absolute atomic E-state index is 12.2. The molecule has 0 aliphatic carbocycles. The number of carbonyl (C=O) groups is 2. The summed E-state index contributed by atoms with van der Waals surface area (Å²) in [7, 11) is 0. The first-order valence-corrected chi connectivity index (χ1v) is 5.76. The Hall–Kier alpha value is -3.22. The number of hydrogen-bond donors (Lipinski definition) is 2. The van der Waals surface area contributed by atoms with Crippen molar-refractivity contribution < 1.29 is 24.7 Å². The average molecular weight is 287 g/mol. The number of benzene rings is 2. The average Bonchev–Trinajstić information content (AvgIpc) is 2.46. The summed E-state index contributed by atoms with van der Waals surface area (Å²) >= 11 is 0. The van der Waals surface area contributed by atoms with Crippen molar-refractivity contribution in [1.82, 2.24) is 0 Å². The van der Waals surface area contributed by atoms with Gasteiger partial charge in [-0.25, -0.2) is 4.79 Å². The van der Waals surface area contributed by atoms with Crippen molar-refractivity contribution in [1.29, 1.82) is 0 Å². The summed E-state index contributed by atoms with van der Waals surface area (Å²) in [6.07, 6.45) is 0. The number of rotatable bonds is 4. The summed E-state index contributed by atoms with van der Waals surface area (Å²) < 4.78 is 0. The Morgan fingerprint density at radius 3 is 2.10 bits per heavy atom. The molecule has 0 spiro atoms. The van der Waals surface area contributed by atoms with E-state index in [9.17, 15) is 24.8 Å². The largest absolute Gasteiger partial charge is 0.506 e. The Kier molecular flexibility index (Phi) is 3.66. The first-order valence-electron chi connectivity index (χ1n) is 5.76. The molecule has 0 saturated heterocycles. The maximum Gasteiger partial charge on any atom is 0.339 e. The van der Waals surface area contributed by atoms with Crippen molar-refractivity contribution in [3.05, 3.63) is 69.3 Å². The van der Waals surface area contributed by atoms with Gasteiger partial charge in [-0.2, -0.15) is 0 Å². The molecule has 106 valence electrons. The van der Waals surface area contributed by atoms with Gasteiger partial charge in [0.05, 0.1) is 10.5 Å². The van der Waals surface area contributed by atoms with Crippen LogP contribution in [0.15, 0.2) is 42.5 Å². The minimum absolute atomic E-state index is 0.110. The highest BCUT2D eigenvalue weighted by Gasteiger charge is 2.19. The number of aromatic carboxylic acids is 1. The molecule has 7 nitrogen and oxygen atoms in total. The molecule has 0 heterocycles. The lowest BCUT2D eigenvalue weighted by Crippen LogP contribution is -2.05. The third kappa shape index (κ3) is 2.71. The number of aromatic hydroxyl groups is 1. The Labute approximate surface area is 118 Å². The SMILES string of the molecule is O=C(O)c1cccc(C(=O)c2ccc([N+](=O)[O-])cc2)c1O. The van der Waals surface area contributed by atoms with Gasteiger partial charge in [0.25, 0.3) is 5.69 Å². The highest BCUT2D eigenvalue weighted by atomic mass is 16.6. The number of nitro benzene ring substituents is 1. The molecular weight excluding hydrogens is 278 g/mol. The van der Waals surface area contributed by atoms with Crippen LogP contribution in [0.1, 0.15) is 26.3 Å². The van der Waals surface area contributed by atoms with E-state index in [1.165, 1.54) is 30.3 Å². The predicted molar refractivity (Wildman–Crippen MR) is 71.6 cm³/mol. The number of carboxylic acids is 1. The van der Waals surface area contributed by atoms with Crippen LogP contribution >= 0.6 is 0 Å². The Balaban J connectivity index is 2.43. The van der Waals surface area contributed by atoms with E-state index in [-0.39, 0.29) is 22.4 Å². The molecule has 0 bridgehead atoms. The summed E-state index contributed by atoms with van der Waals surface area (Å²) in [5.74, 6) is -2.61. The third-order valence-electron chi connectivity index (χ3n) is 2.85. The Bertz CT molecular complexity index is 736. The van der Waals surface area contributed by atoms with Crippen LogP contribution in [0.2, 0.25) is 0 Å². The monoisotopic (exact) mass is 287 g/mol. The summed E-state index contributed by atoms with van der Waals surface area (Å²) in [6.45, 7) is 0. The van der Waals surface area contributed by atoms with E-state index in [2.05, 4.69) is 0 Å². The van der Waals surface area contributed by atoms with Crippen LogP contribution in [0.4, 0.5) is 5.69 Å². The highest BCUT2D eigenvalue weighted by molar-refractivity contribution is 6.12. The number of phenols is 1. The molecule has 0 aliphatic rings. The van der Waals surface area contributed by atoms with E-state index in [0.29, 0.717) is 0 Å². The summed E-state index contributed by atoms with van der Waals surface area (Å²) in [5.41, 5.74) is -0.625. The van der Waals surface area contributed by atoms with E-state index in [0.717, 1.165) is 12.1 Å². The second-order valence-electron chi connectivity index (χ2n) is 4.14. The van der Waals surface area contributed by atoms with E-state index < -0.39 is 22.4 Å². The van der Waals surface area contributed by atoms with Gasteiger partial charge in [0.1, 0.15) is 11.3 Å². The highest BCUT2D eigenvalue weighted by Crippen LogP contribution is 2.25. The van der Waals surface area contributed by atoms with Crippen LogP contribution in [0, 0.1) is 10.1 Å². The van der Waals surface area contributed by atoms with Gasteiger partial charge < -0.3 is 10.2 Å². The summed E-state index contributed by atoms with van der Waals surface area (Å²) in [4.78, 5) is 33.0. The number of para-hydroxylation sites is 1. The summed E-state index contributed by atoms with van der Waals surface area (Å²) in [6, 6.07) is 8.59. The fourth-order valence-electron chi connectivity index (χ4n) is 1.79. The first-order chi connectivity index (χ1) is 9.91. The van der Waals surface area contributed by atoms with Crippen molar-refractivity contribution in [2.45, 2.75) is 0 Å². The Morgan fingerprint density at radius 2 is 1.57 bits per heavy atom. The molecule has 0 fully saturated rings. The number of nitro groups is 1. The van der Waals surface area contributed by atoms with Gasteiger partial charge in [0.15, 0.2) is 5.78 Å². The molecule has 0 saturated carbocycles. The molecule has 0 unspecified atom stereocenters. The van der Waals surface area contributed by atoms with E-state index in [1.54, 1.807) is 0 Å². The molecule has 0 atom stereocenters. The van der Waals surface area contributed by atoms with Gasteiger partial charge in [-0.05, 0) is 24.3 Å². The number of non-ortho nitro benzene ring substituents is 1. The van der Waals surface area contributed by atoms with Gasteiger partial charge in [-0.3, -0.25) is 14.9 Å². The quantitative estimate of drug-likeness (QED) is 0.505. The van der Waals surface area contributed by atoms with Crippen LogP contribution in [0.5, 0.6) is 5.75 Å². The van der Waals surface area contributed by atoms with Crippen LogP contribution in [0.25, 0.3) is 0 Å². The van der Waals surface area contributed by atoms with Crippen LogP contribution in [0.3, 0.4) is 0 Å².